The molecule has 2 unspecified atom stereocenters. The molecule has 0 radical (unpaired) electrons. The maximum atomic E-state index is 2.65. The zero-order valence-electron chi connectivity index (χ0n) is 11.3. The van der Waals surface area contributed by atoms with Crippen molar-refractivity contribution in [1.29, 1.82) is 0 Å². The second-order valence-electron chi connectivity index (χ2n) is 5.50. The van der Waals surface area contributed by atoms with E-state index in [9.17, 15) is 0 Å². The minimum absolute atomic E-state index is 0.676. The highest BCUT2D eigenvalue weighted by atomic mass is 15.3. The molecule has 2 atom stereocenters. The van der Waals surface area contributed by atoms with Crippen LogP contribution < -0.4 is 0 Å². The van der Waals surface area contributed by atoms with Gasteiger partial charge in [0.25, 0.3) is 0 Å². The Morgan fingerprint density at radius 2 is 1.13 bits per heavy atom. The molecule has 2 heteroatoms. The van der Waals surface area contributed by atoms with E-state index in [-0.39, 0.29) is 0 Å². The first-order chi connectivity index (χ1) is 6.95. The van der Waals surface area contributed by atoms with Gasteiger partial charge in [-0.2, -0.15) is 0 Å². The van der Waals surface area contributed by atoms with Crippen LogP contribution in [0, 0.1) is 0 Å². The van der Waals surface area contributed by atoms with Crippen molar-refractivity contribution < 1.29 is 0 Å². The van der Waals surface area contributed by atoms with Gasteiger partial charge in [0.15, 0.2) is 0 Å². The third-order valence-electron chi connectivity index (χ3n) is 3.90. The highest BCUT2D eigenvalue weighted by Crippen LogP contribution is 2.20. The summed E-state index contributed by atoms with van der Waals surface area (Å²) in [7, 11) is 0. The lowest BCUT2D eigenvalue weighted by Crippen LogP contribution is -2.50. The molecular formula is C13H28N2. The molecule has 1 fully saturated rings. The molecule has 0 saturated carbocycles. The van der Waals surface area contributed by atoms with Gasteiger partial charge in [-0.05, 0) is 61.1 Å². The van der Waals surface area contributed by atoms with Crippen LogP contribution in [0.15, 0.2) is 0 Å². The quantitative estimate of drug-likeness (QED) is 0.694. The summed E-state index contributed by atoms with van der Waals surface area (Å²) >= 11 is 0. The zero-order chi connectivity index (χ0) is 11.6. The molecule has 1 rings (SSSR count). The predicted octanol–water partition coefficient (Wildman–Crippen LogP) is 2.59. The standard InChI is InChI=1S/C13H28N2/c1-10(2)14-8-7-9-15(11(3)4)13(6)12(14)5/h10-13H,7-9H2,1-6H3. The SMILES string of the molecule is CC(C)N1CCCN(C(C)C)C(C)C1C. The van der Waals surface area contributed by atoms with Crippen molar-refractivity contribution in [2.45, 2.75) is 72.1 Å². The molecule has 0 spiro atoms. The Balaban J connectivity index is 2.74. The van der Waals surface area contributed by atoms with E-state index < -0.39 is 0 Å². The Hall–Kier alpha value is -0.0800. The van der Waals surface area contributed by atoms with Crippen LogP contribution in [-0.4, -0.2) is 47.1 Å². The van der Waals surface area contributed by atoms with Gasteiger partial charge in [0.05, 0.1) is 0 Å². The van der Waals surface area contributed by atoms with E-state index in [1.807, 2.05) is 0 Å². The lowest BCUT2D eigenvalue weighted by Gasteiger charge is -2.39. The Bertz CT molecular complexity index is 169. The first-order valence-corrected chi connectivity index (χ1v) is 6.46. The van der Waals surface area contributed by atoms with Crippen LogP contribution in [0.1, 0.15) is 48.0 Å². The molecule has 0 aliphatic carbocycles. The first kappa shape index (κ1) is 13.0. The molecule has 1 aliphatic rings. The second kappa shape index (κ2) is 5.31. The topological polar surface area (TPSA) is 6.48 Å². The highest BCUT2D eigenvalue weighted by molar-refractivity contribution is 4.86. The van der Waals surface area contributed by atoms with Crippen LogP contribution >= 0.6 is 0 Å². The maximum Gasteiger partial charge on any atom is 0.0223 e. The smallest absolute Gasteiger partial charge is 0.0223 e. The number of hydrogen-bond donors (Lipinski definition) is 0. The molecule has 0 amide bonds. The Kier molecular flexibility index (Phi) is 4.60. The fourth-order valence-electron chi connectivity index (χ4n) is 2.85. The summed E-state index contributed by atoms with van der Waals surface area (Å²) in [5.41, 5.74) is 0. The van der Waals surface area contributed by atoms with E-state index in [1.54, 1.807) is 0 Å². The van der Waals surface area contributed by atoms with Crippen molar-refractivity contribution in [2.24, 2.45) is 0 Å². The molecule has 1 saturated heterocycles. The van der Waals surface area contributed by atoms with Crippen molar-refractivity contribution in [3.05, 3.63) is 0 Å². The monoisotopic (exact) mass is 212 g/mol. The molecule has 90 valence electrons. The van der Waals surface area contributed by atoms with Crippen molar-refractivity contribution in [3.8, 4) is 0 Å². The van der Waals surface area contributed by atoms with E-state index in [1.165, 1.54) is 19.5 Å². The maximum absolute atomic E-state index is 2.65. The van der Waals surface area contributed by atoms with Crippen molar-refractivity contribution in [2.75, 3.05) is 13.1 Å². The normalized spacial score (nSPS) is 31.2. The van der Waals surface area contributed by atoms with Crippen LogP contribution in [0.5, 0.6) is 0 Å². The van der Waals surface area contributed by atoms with Gasteiger partial charge in [0, 0.05) is 24.2 Å². The Labute approximate surface area is 95.6 Å². The van der Waals surface area contributed by atoms with Gasteiger partial charge in [0.2, 0.25) is 0 Å². The Morgan fingerprint density at radius 1 is 0.800 bits per heavy atom. The lowest BCUT2D eigenvalue weighted by atomic mass is 10.1. The van der Waals surface area contributed by atoms with E-state index in [2.05, 4.69) is 51.3 Å². The average Bonchev–Trinajstić information content (AvgIpc) is 2.27. The molecule has 1 aliphatic heterocycles. The molecule has 0 bridgehead atoms. The van der Waals surface area contributed by atoms with E-state index in [4.69, 9.17) is 0 Å². The summed E-state index contributed by atoms with van der Waals surface area (Å²) in [6.45, 7) is 16.5. The van der Waals surface area contributed by atoms with Crippen LogP contribution in [0.25, 0.3) is 0 Å². The first-order valence-electron chi connectivity index (χ1n) is 6.46. The fourth-order valence-corrected chi connectivity index (χ4v) is 2.85. The van der Waals surface area contributed by atoms with Gasteiger partial charge in [-0.3, -0.25) is 9.80 Å². The minimum Gasteiger partial charge on any atom is -0.297 e. The van der Waals surface area contributed by atoms with Crippen LogP contribution in [0.4, 0.5) is 0 Å². The van der Waals surface area contributed by atoms with Crippen molar-refractivity contribution in [1.82, 2.24) is 9.80 Å². The largest absolute Gasteiger partial charge is 0.297 e. The molecular weight excluding hydrogens is 184 g/mol. The molecule has 0 aromatic heterocycles. The summed E-state index contributed by atoms with van der Waals surface area (Å²) in [4.78, 5) is 5.29. The van der Waals surface area contributed by atoms with E-state index >= 15 is 0 Å². The van der Waals surface area contributed by atoms with Gasteiger partial charge >= 0.3 is 0 Å². The molecule has 0 aromatic rings. The molecule has 0 aromatic carbocycles. The fraction of sp³-hybridized carbons (Fsp3) is 1.00. The number of hydrogen-bond acceptors (Lipinski definition) is 2. The number of rotatable bonds is 2. The van der Waals surface area contributed by atoms with Gasteiger partial charge in [-0.25, -0.2) is 0 Å². The molecule has 1 heterocycles. The molecule has 2 nitrogen and oxygen atoms in total. The zero-order valence-corrected chi connectivity index (χ0v) is 11.3. The summed E-state index contributed by atoms with van der Waals surface area (Å²) in [6, 6.07) is 2.70. The van der Waals surface area contributed by atoms with E-state index in [0.717, 1.165) is 0 Å². The summed E-state index contributed by atoms with van der Waals surface area (Å²) in [5.74, 6) is 0. The third-order valence-corrected chi connectivity index (χ3v) is 3.90. The van der Waals surface area contributed by atoms with Gasteiger partial charge in [-0.1, -0.05) is 0 Å². The van der Waals surface area contributed by atoms with Crippen LogP contribution in [-0.2, 0) is 0 Å². The van der Waals surface area contributed by atoms with Gasteiger partial charge < -0.3 is 0 Å². The molecule has 15 heavy (non-hydrogen) atoms. The minimum atomic E-state index is 0.676. The van der Waals surface area contributed by atoms with Crippen LogP contribution in [0.3, 0.4) is 0 Å². The summed E-state index contributed by atoms with van der Waals surface area (Å²) < 4.78 is 0. The van der Waals surface area contributed by atoms with Crippen LogP contribution in [0.2, 0.25) is 0 Å². The van der Waals surface area contributed by atoms with Crippen molar-refractivity contribution in [3.63, 3.8) is 0 Å². The Morgan fingerprint density at radius 3 is 1.40 bits per heavy atom. The summed E-state index contributed by atoms with van der Waals surface area (Å²) in [6.07, 6.45) is 1.31. The highest BCUT2D eigenvalue weighted by Gasteiger charge is 2.30. The third kappa shape index (κ3) is 2.94. The van der Waals surface area contributed by atoms with E-state index in [0.29, 0.717) is 24.2 Å². The lowest BCUT2D eigenvalue weighted by molar-refractivity contribution is 0.0940. The summed E-state index contributed by atoms with van der Waals surface area (Å²) in [5, 5.41) is 0. The second-order valence-corrected chi connectivity index (χ2v) is 5.50. The predicted molar refractivity (Wildman–Crippen MR) is 67.2 cm³/mol. The van der Waals surface area contributed by atoms with Gasteiger partial charge in [0.1, 0.15) is 0 Å². The van der Waals surface area contributed by atoms with Gasteiger partial charge in [-0.15, -0.1) is 0 Å². The molecule has 0 N–H and O–H groups in total. The number of nitrogens with zero attached hydrogens (tertiary/aromatic N) is 2. The van der Waals surface area contributed by atoms with Crippen molar-refractivity contribution >= 4 is 0 Å². The average molecular weight is 212 g/mol.